The number of rotatable bonds is 5. The van der Waals surface area contributed by atoms with Crippen LogP contribution in [-0.4, -0.2) is 29.5 Å². The van der Waals surface area contributed by atoms with Crippen molar-refractivity contribution in [3.63, 3.8) is 0 Å². The summed E-state index contributed by atoms with van der Waals surface area (Å²) in [6, 6.07) is 6.53. The number of aromatic nitrogens is 6. The lowest BCUT2D eigenvalue weighted by atomic mass is 10.0. The second kappa shape index (κ2) is 8.58. The minimum Gasteiger partial charge on any atom is -0.280 e. The van der Waals surface area contributed by atoms with Gasteiger partial charge < -0.3 is 0 Å². The Kier molecular flexibility index (Phi) is 5.45. The van der Waals surface area contributed by atoms with Crippen molar-refractivity contribution in [1.29, 1.82) is 0 Å². The van der Waals surface area contributed by atoms with Gasteiger partial charge in [-0.1, -0.05) is 11.6 Å². The third-order valence-corrected chi connectivity index (χ3v) is 7.30. The first-order chi connectivity index (χ1) is 17.7. The van der Waals surface area contributed by atoms with Crippen LogP contribution in [0.15, 0.2) is 53.8 Å². The maximum absolute atomic E-state index is 14.9. The summed E-state index contributed by atoms with van der Waals surface area (Å²) in [6.07, 6.45) is 6.58. The summed E-state index contributed by atoms with van der Waals surface area (Å²) < 4.78 is 42.8. The van der Waals surface area contributed by atoms with Crippen LogP contribution in [0.1, 0.15) is 47.2 Å². The number of aryl methyl sites for hydroxylation is 2. The Morgan fingerprint density at radius 3 is 2.68 bits per heavy atom. The van der Waals surface area contributed by atoms with Crippen LogP contribution in [0.2, 0.25) is 5.02 Å². The molecular weight excluding hydrogens is 505 g/mol. The van der Waals surface area contributed by atoms with Crippen LogP contribution in [0.5, 0.6) is 0 Å². The van der Waals surface area contributed by atoms with Gasteiger partial charge in [0, 0.05) is 29.0 Å². The fraction of sp³-hybridized carbons (Fsp3) is 0.231. The number of nitrogens with zero attached hydrogens (tertiary/aromatic N) is 5. The maximum atomic E-state index is 14.9. The number of benzene rings is 1. The summed E-state index contributed by atoms with van der Waals surface area (Å²) in [5.74, 6) is -0.550. The molecule has 0 unspecified atom stereocenters. The normalized spacial score (nSPS) is 17.2. The zero-order valence-corrected chi connectivity index (χ0v) is 20.5. The van der Waals surface area contributed by atoms with Gasteiger partial charge in [-0.25, -0.2) is 9.07 Å². The molecule has 1 aromatic carbocycles. The third kappa shape index (κ3) is 3.92. The highest BCUT2D eigenvalue weighted by Gasteiger charge is 2.42. The lowest BCUT2D eigenvalue weighted by Gasteiger charge is -2.16. The number of nitrogens with one attached hydrogen (secondary N) is 1. The SMILES string of the molecule is Cc1cnc(-c2cc3[nH]ncc3cc2F)cc1-n1c(C)cc([C@H]2C[C@@H]2c2cnn(C(F)F)c2)c(Cl)c1=O. The molecule has 1 fully saturated rings. The van der Waals surface area contributed by atoms with E-state index in [1.807, 2.05) is 13.0 Å². The predicted molar refractivity (Wildman–Crippen MR) is 133 cm³/mol. The number of fused-ring (bicyclic) bond motifs is 1. The Morgan fingerprint density at radius 2 is 1.92 bits per heavy atom. The largest absolute Gasteiger partial charge is 0.333 e. The Morgan fingerprint density at radius 1 is 1.11 bits per heavy atom. The molecule has 0 aliphatic heterocycles. The van der Waals surface area contributed by atoms with Gasteiger partial charge in [0.2, 0.25) is 0 Å². The van der Waals surface area contributed by atoms with Gasteiger partial charge in [0.25, 0.3) is 5.56 Å². The van der Waals surface area contributed by atoms with Crippen LogP contribution < -0.4 is 5.56 Å². The Hall–Kier alpha value is -3.92. The van der Waals surface area contributed by atoms with Crippen molar-refractivity contribution < 1.29 is 13.2 Å². The minimum atomic E-state index is -2.70. The van der Waals surface area contributed by atoms with E-state index in [2.05, 4.69) is 20.3 Å². The summed E-state index contributed by atoms with van der Waals surface area (Å²) in [4.78, 5) is 17.9. The molecule has 1 aliphatic rings. The van der Waals surface area contributed by atoms with E-state index in [-0.39, 0.29) is 22.4 Å². The van der Waals surface area contributed by atoms with Gasteiger partial charge >= 0.3 is 6.55 Å². The van der Waals surface area contributed by atoms with Crippen molar-refractivity contribution in [3.8, 4) is 16.9 Å². The second-order valence-corrected chi connectivity index (χ2v) is 9.70. The van der Waals surface area contributed by atoms with Gasteiger partial charge in [-0.15, -0.1) is 0 Å². The number of aromatic amines is 1. The van der Waals surface area contributed by atoms with Gasteiger partial charge in [0.1, 0.15) is 10.8 Å². The number of halogens is 4. The summed E-state index contributed by atoms with van der Waals surface area (Å²) in [7, 11) is 0. The molecule has 7 nitrogen and oxygen atoms in total. The molecule has 1 saturated carbocycles. The molecule has 2 atom stereocenters. The molecule has 1 aliphatic carbocycles. The zero-order chi connectivity index (χ0) is 26.0. The molecule has 1 N–H and O–H groups in total. The average molecular weight is 525 g/mol. The van der Waals surface area contributed by atoms with Crippen molar-refractivity contribution in [2.75, 3.05) is 0 Å². The second-order valence-electron chi connectivity index (χ2n) is 9.32. The van der Waals surface area contributed by atoms with Crippen LogP contribution in [0.4, 0.5) is 13.2 Å². The van der Waals surface area contributed by atoms with E-state index in [1.54, 1.807) is 25.3 Å². The van der Waals surface area contributed by atoms with Crippen LogP contribution >= 0.6 is 11.6 Å². The van der Waals surface area contributed by atoms with Crippen LogP contribution in [0, 0.1) is 19.7 Å². The summed E-state index contributed by atoms with van der Waals surface area (Å²) in [6.45, 7) is 0.903. The maximum Gasteiger partial charge on any atom is 0.333 e. The molecule has 4 heterocycles. The third-order valence-electron chi connectivity index (χ3n) is 6.92. The quantitative estimate of drug-likeness (QED) is 0.303. The topological polar surface area (TPSA) is 81.4 Å². The highest BCUT2D eigenvalue weighted by atomic mass is 35.5. The van der Waals surface area contributed by atoms with E-state index in [0.29, 0.717) is 55.8 Å². The molecule has 6 rings (SSSR count). The van der Waals surface area contributed by atoms with E-state index in [9.17, 15) is 18.0 Å². The molecule has 0 bridgehead atoms. The highest BCUT2D eigenvalue weighted by Crippen LogP contribution is 2.55. The number of alkyl halides is 2. The first kappa shape index (κ1) is 23.5. The molecule has 0 amide bonds. The van der Waals surface area contributed by atoms with E-state index in [0.717, 1.165) is 0 Å². The van der Waals surface area contributed by atoms with E-state index < -0.39 is 17.9 Å². The summed E-state index contributed by atoms with van der Waals surface area (Å²) >= 11 is 6.59. The molecule has 0 saturated heterocycles. The molecular formula is C26H20ClF3N6O. The number of pyridine rings is 2. The van der Waals surface area contributed by atoms with Gasteiger partial charge in [-0.2, -0.15) is 19.0 Å². The summed E-state index contributed by atoms with van der Waals surface area (Å²) in [5, 5.41) is 11.2. The smallest absolute Gasteiger partial charge is 0.280 e. The molecule has 188 valence electrons. The molecule has 4 aromatic heterocycles. The number of hydrogen-bond acceptors (Lipinski definition) is 4. The summed E-state index contributed by atoms with van der Waals surface area (Å²) in [5.41, 5.74) is 4.15. The first-order valence-corrected chi connectivity index (χ1v) is 11.9. The fourth-order valence-corrected chi connectivity index (χ4v) is 5.20. The fourth-order valence-electron chi connectivity index (χ4n) is 4.92. The highest BCUT2D eigenvalue weighted by molar-refractivity contribution is 6.31. The predicted octanol–water partition coefficient (Wildman–Crippen LogP) is 6.05. The van der Waals surface area contributed by atoms with Gasteiger partial charge in [-0.3, -0.25) is 19.4 Å². The molecule has 11 heteroatoms. The Labute approximate surface area is 213 Å². The Bertz CT molecular complexity index is 1740. The standard InChI is InChI=1S/C26H20ClF3N6O/c1-12-8-31-22(19-6-21-14(4-20(19)28)9-32-34-21)7-23(12)36-13(2)3-18(24(27)25(36)37)17-5-16(17)15-10-33-35(11-15)26(29)30/h3-4,6-11,16-17,26H,5H2,1-2H3,(H,32,34)/t16-,17+/m1/s1. The number of hydrogen-bond donors (Lipinski definition) is 1. The van der Waals surface area contributed by atoms with Crippen LogP contribution in [0.3, 0.4) is 0 Å². The van der Waals surface area contributed by atoms with Crippen molar-refractivity contribution in [2.45, 2.75) is 38.7 Å². The van der Waals surface area contributed by atoms with E-state index in [1.165, 1.54) is 29.2 Å². The van der Waals surface area contributed by atoms with Gasteiger partial charge in [-0.05, 0) is 73.1 Å². The first-order valence-electron chi connectivity index (χ1n) is 11.6. The van der Waals surface area contributed by atoms with Gasteiger partial charge in [0.05, 0.1) is 29.3 Å². The molecule has 0 radical (unpaired) electrons. The van der Waals surface area contributed by atoms with Crippen LogP contribution in [-0.2, 0) is 0 Å². The van der Waals surface area contributed by atoms with Crippen molar-refractivity contribution >= 4 is 22.5 Å². The molecule has 0 spiro atoms. The Balaban J connectivity index is 1.39. The average Bonchev–Trinajstić information content (AvgIpc) is 3.26. The van der Waals surface area contributed by atoms with Crippen LogP contribution in [0.25, 0.3) is 27.8 Å². The van der Waals surface area contributed by atoms with Crippen molar-refractivity contribution in [2.24, 2.45) is 0 Å². The monoisotopic (exact) mass is 524 g/mol. The zero-order valence-electron chi connectivity index (χ0n) is 19.7. The number of H-pyrrole nitrogens is 1. The molecule has 37 heavy (non-hydrogen) atoms. The van der Waals surface area contributed by atoms with E-state index >= 15 is 0 Å². The van der Waals surface area contributed by atoms with E-state index in [4.69, 9.17) is 11.6 Å². The lowest BCUT2D eigenvalue weighted by molar-refractivity contribution is 0.0565. The van der Waals surface area contributed by atoms with Gasteiger partial charge in [0.15, 0.2) is 0 Å². The lowest BCUT2D eigenvalue weighted by Crippen LogP contribution is -2.23. The van der Waals surface area contributed by atoms with Crippen molar-refractivity contribution in [1.82, 2.24) is 29.5 Å². The minimum absolute atomic E-state index is 0.0331. The molecule has 5 aromatic rings. The van der Waals surface area contributed by atoms with Crippen molar-refractivity contribution in [3.05, 3.63) is 92.6 Å².